The van der Waals surface area contributed by atoms with Crippen LogP contribution < -0.4 is 5.32 Å². The second kappa shape index (κ2) is 5.56. The molecule has 0 bridgehead atoms. The molecule has 2 N–H and O–H groups in total. The van der Waals surface area contributed by atoms with Gasteiger partial charge < -0.3 is 10.4 Å². The monoisotopic (exact) mass is 159 g/mol. The van der Waals surface area contributed by atoms with Crippen LogP contribution in [0.25, 0.3) is 0 Å². The molecular weight excluding hydrogens is 138 g/mol. The molecule has 0 aromatic carbocycles. The number of aliphatic hydroxyl groups is 1. The Labute approximate surface area is 70.0 Å². The first-order valence-electron chi connectivity index (χ1n) is 4.49. The summed E-state index contributed by atoms with van der Waals surface area (Å²) in [6, 6.07) is 0.509. The molecule has 2 nitrogen and oxygen atoms in total. The molecular formula is C9H21NO. The highest BCUT2D eigenvalue weighted by molar-refractivity contribution is 4.67. The summed E-state index contributed by atoms with van der Waals surface area (Å²) < 4.78 is 0. The summed E-state index contributed by atoms with van der Waals surface area (Å²) in [6.07, 6.45) is 0.954. The van der Waals surface area contributed by atoms with Gasteiger partial charge in [-0.05, 0) is 19.8 Å². The van der Waals surface area contributed by atoms with Gasteiger partial charge in [-0.15, -0.1) is 0 Å². The minimum absolute atomic E-state index is 0.235. The lowest BCUT2D eigenvalue weighted by molar-refractivity contribution is 0.182. The molecule has 0 aliphatic carbocycles. The van der Waals surface area contributed by atoms with Crippen LogP contribution in [0.3, 0.4) is 0 Å². The van der Waals surface area contributed by atoms with E-state index in [-0.39, 0.29) is 6.10 Å². The standard InChI is InChI=1S/C9H21NO/c1-5-7(2)9(4)10-6-8(3)11/h7-11H,5-6H2,1-4H3/t7-,8-,9-/m1/s1. The SMILES string of the molecule is CC[C@@H](C)[C@@H](C)NC[C@@H](C)O. The van der Waals surface area contributed by atoms with Gasteiger partial charge >= 0.3 is 0 Å². The van der Waals surface area contributed by atoms with Crippen LogP contribution in [-0.4, -0.2) is 23.8 Å². The summed E-state index contributed by atoms with van der Waals surface area (Å²) in [7, 11) is 0. The van der Waals surface area contributed by atoms with Crippen molar-refractivity contribution in [3.05, 3.63) is 0 Å². The van der Waals surface area contributed by atoms with Crippen LogP contribution in [0.1, 0.15) is 34.1 Å². The van der Waals surface area contributed by atoms with Crippen molar-refractivity contribution >= 4 is 0 Å². The van der Waals surface area contributed by atoms with Crippen molar-refractivity contribution < 1.29 is 5.11 Å². The van der Waals surface area contributed by atoms with Crippen molar-refractivity contribution in [1.29, 1.82) is 0 Å². The van der Waals surface area contributed by atoms with Crippen molar-refractivity contribution in [2.75, 3.05) is 6.54 Å². The summed E-state index contributed by atoms with van der Waals surface area (Å²) in [4.78, 5) is 0. The number of nitrogens with one attached hydrogen (secondary N) is 1. The van der Waals surface area contributed by atoms with Crippen molar-refractivity contribution in [2.24, 2.45) is 5.92 Å². The van der Waals surface area contributed by atoms with E-state index in [0.29, 0.717) is 18.5 Å². The molecule has 0 unspecified atom stereocenters. The Morgan fingerprint density at radius 1 is 1.27 bits per heavy atom. The minimum Gasteiger partial charge on any atom is -0.392 e. The molecule has 0 rings (SSSR count). The Kier molecular flexibility index (Phi) is 5.51. The normalized spacial score (nSPS) is 19.4. The predicted molar refractivity (Wildman–Crippen MR) is 48.6 cm³/mol. The summed E-state index contributed by atoms with van der Waals surface area (Å²) in [5.41, 5.74) is 0. The molecule has 0 aliphatic rings. The molecule has 11 heavy (non-hydrogen) atoms. The topological polar surface area (TPSA) is 32.3 Å². The molecule has 0 spiro atoms. The van der Waals surface area contributed by atoms with E-state index in [0.717, 1.165) is 0 Å². The lowest BCUT2D eigenvalue weighted by Gasteiger charge is -2.20. The van der Waals surface area contributed by atoms with E-state index in [2.05, 4.69) is 26.1 Å². The maximum Gasteiger partial charge on any atom is 0.0636 e. The highest BCUT2D eigenvalue weighted by Crippen LogP contribution is 2.05. The zero-order valence-electron chi connectivity index (χ0n) is 8.09. The summed E-state index contributed by atoms with van der Waals surface area (Å²) in [5.74, 6) is 0.689. The molecule has 0 aromatic rings. The highest BCUT2D eigenvalue weighted by atomic mass is 16.3. The Balaban J connectivity index is 3.43. The lowest BCUT2D eigenvalue weighted by atomic mass is 10.0. The van der Waals surface area contributed by atoms with Crippen LogP contribution >= 0.6 is 0 Å². The lowest BCUT2D eigenvalue weighted by Crippen LogP contribution is -2.36. The average molecular weight is 159 g/mol. The van der Waals surface area contributed by atoms with Gasteiger partial charge in [-0.25, -0.2) is 0 Å². The largest absolute Gasteiger partial charge is 0.392 e. The first kappa shape index (κ1) is 10.9. The second-order valence-electron chi connectivity index (χ2n) is 3.43. The van der Waals surface area contributed by atoms with E-state index >= 15 is 0 Å². The number of hydrogen-bond donors (Lipinski definition) is 2. The van der Waals surface area contributed by atoms with Crippen molar-refractivity contribution in [3.63, 3.8) is 0 Å². The van der Waals surface area contributed by atoms with E-state index in [1.54, 1.807) is 6.92 Å². The van der Waals surface area contributed by atoms with E-state index in [1.807, 2.05) is 0 Å². The average Bonchev–Trinajstić information content (AvgIpc) is 1.98. The minimum atomic E-state index is -0.235. The van der Waals surface area contributed by atoms with Gasteiger partial charge in [0.05, 0.1) is 6.10 Å². The van der Waals surface area contributed by atoms with E-state index < -0.39 is 0 Å². The maximum atomic E-state index is 8.99. The van der Waals surface area contributed by atoms with Gasteiger partial charge in [0.25, 0.3) is 0 Å². The van der Waals surface area contributed by atoms with E-state index in [9.17, 15) is 0 Å². The van der Waals surface area contributed by atoms with Gasteiger partial charge in [0, 0.05) is 12.6 Å². The first-order chi connectivity index (χ1) is 5.07. The van der Waals surface area contributed by atoms with Gasteiger partial charge in [-0.1, -0.05) is 20.3 Å². The number of rotatable bonds is 5. The Morgan fingerprint density at radius 3 is 2.18 bits per heavy atom. The summed E-state index contributed by atoms with van der Waals surface area (Å²) >= 11 is 0. The number of aliphatic hydroxyl groups excluding tert-OH is 1. The van der Waals surface area contributed by atoms with Crippen LogP contribution in [0.5, 0.6) is 0 Å². The van der Waals surface area contributed by atoms with Gasteiger partial charge in [-0.2, -0.15) is 0 Å². The van der Waals surface area contributed by atoms with Gasteiger partial charge in [0.2, 0.25) is 0 Å². The molecule has 0 heterocycles. The summed E-state index contributed by atoms with van der Waals surface area (Å²) in [5, 5.41) is 12.3. The molecule has 68 valence electrons. The number of hydrogen-bond acceptors (Lipinski definition) is 2. The molecule has 0 saturated heterocycles. The van der Waals surface area contributed by atoms with Crippen LogP contribution in [0.2, 0.25) is 0 Å². The van der Waals surface area contributed by atoms with Gasteiger partial charge in [0.15, 0.2) is 0 Å². The Morgan fingerprint density at radius 2 is 1.82 bits per heavy atom. The Hall–Kier alpha value is -0.0800. The molecule has 3 atom stereocenters. The molecule has 0 fully saturated rings. The molecule has 0 aromatic heterocycles. The van der Waals surface area contributed by atoms with Crippen molar-refractivity contribution in [3.8, 4) is 0 Å². The third-order valence-corrected chi connectivity index (χ3v) is 2.23. The van der Waals surface area contributed by atoms with Crippen LogP contribution in [0.4, 0.5) is 0 Å². The quantitative estimate of drug-likeness (QED) is 0.635. The third kappa shape index (κ3) is 5.22. The van der Waals surface area contributed by atoms with Crippen molar-refractivity contribution in [2.45, 2.75) is 46.3 Å². The Bertz CT molecular complexity index is 93.6. The smallest absolute Gasteiger partial charge is 0.0636 e. The second-order valence-corrected chi connectivity index (χ2v) is 3.43. The zero-order chi connectivity index (χ0) is 8.85. The van der Waals surface area contributed by atoms with Crippen molar-refractivity contribution in [1.82, 2.24) is 5.32 Å². The fourth-order valence-electron chi connectivity index (χ4n) is 0.911. The fraction of sp³-hybridized carbons (Fsp3) is 1.00. The maximum absolute atomic E-state index is 8.99. The molecule has 0 aliphatic heterocycles. The van der Waals surface area contributed by atoms with Crippen LogP contribution in [-0.2, 0) is 0 Å². The molecule has 0 saturated carbocycles. The van der Waals surface area contributed by atoms with Gasteiger partial charge in [0.1, 0.15) is 0 Å². The summed E-state index contributed by atoms with van der Waals surface area (Å²) in [6.45, 7) is 9.07. The fourth-order valence-corrected chi connectivity index (χ4v) is 0.911. The third-order valence-electron chi connectivity index (χ3n) is 2.23. The predicted octanol–water partition coefficient (Wildman–Crippen LogP) is 1.39. The molecule has 0 radical (unpaired) electrons. The van der Waals surface area contributed by atoms with Gasteiger partial charge in [-0.3, -0.25) is 0 Å². The first-order valence-corrected chi connectivity index (χ1v) is 4.49. The van der Waals surface area contributed by atoms with Crippen LogP contribution in [0, 0.1) is 5.92 Å². The van der Waals surface area contributed by atoms with E-state index in [4.69, 9.17) is 5.11 Å². The highest BCUT2D eigenvalue weighted by Gasteiger charge is 2.09. The van der Waals surface area contributed by atoms with Crippen LogP contribution in [0.15, 0.2) is 0 Å². The van der Waals surface area contributed by atoms with E-state index in [1.165, 1.54) is 6.42 Å². The molecule has 2 heteroatoms. The zero-order valence-corrected chi connectivity index (χ0v) is 8.09. The molecule has 0 amide bonds.